The second-order valence-corrected chi connectivity index (χ2v) is 3.37. The van der Waals surface area contributed by atoms with Crippen LogP contribution in [0.2, 0.25) is 0 Å². The van der Waals surface area contributed by atoms with E-state index in [1.165, 1.54) is 6.08 Å². The molecule has 0 radical (unpaired) electrons. The fraction of sp³-hybridized carbons (Fsp3) is 0.556. The van der Waals surface area contributed by atoms with Crippen molar-refractivity contribution in [2.75, 3.05) is 6.54 Å². The van der Waals surface area contributed by atoms with Crippen molar-refractivity contribution in [3.63, 3.8) is 0 Å². The van der Waals surface area contributed by atoms with Crippen molar-refractivity contribution >= 4 is 24.3 Å². The van der Waals surface area contributed by atoms with Gasteiger partial charge in [-0.05, 0) is 12.8 Å². The minimum Gasteiger partial charge on any atom is -0.478 e. The first-order valence-electron chi connectivity index (χ1n) is 4.54. The smallest absolute Gasteiger partial charge is 0.328 e. The van der Waals surface area contributed by atoms with Crippen LogP contribution < -0.4 is 11.1 Å². The molecule has 0 spiro atoms. The number of hydrogen-bond donors (Lipinski definition) is 3. The van der Waals surface area contributed by atoms with E-state index in [0.29, 0.717) is 13.0 Å². The normalized spacial score (nSPS) is 22.2. The molecule has 1 saturated heterocycles. The molecule has 1 aliphatic heterocycles. The van der Waals surface area contributed by atoms with E-state index in [1.54, 1.807) is 0 Å². The third-order valence-electron chi connectivity index (χ3n) is 2.21. The summed E-state index contributed by atoms with van der Waals surface area (Å²) in [6.45, 7) is 0.693. The molecule has 4 N–H and O–H groups in total. The molecule has 0 saturated carbocycles. The first-order chi connectivity index (χ1) is 6.59. The van der Waals surface area contributed by atoms with Crippen LogP contribution in [0.3, 0.4) is 0 Å². The number of carbonyl (C=O) groups excluding carboxylic acids is 1. The number of amides is 1. The molecule has 1 heterocycles. The SMILES string of the molecule is Cl.NC(/C=C/C(=O)O)CC1CCNC1=O. The van der Waals surface area contributed by atoms with E-state index in [2.05, 4.69) is 5.32 Å². The Bertz CT molecular complexity index is 268. The van der Waals surface area contributed by atoms with Gasteiger partial charge in [0.15, 0.2) is 0 Å². The summed E-state index contributed by atoms with van der Waals surface area (Å²) < 4.78 is 0. The van der Waals surface area contributed by atoms with Crippen LogP contribution in [0.5, 0.6) is 0 Å². The maximum Gasteiger partial charge on any atom is 0.328 e. The number of halogens is 1. The third-order valence-corrected chi connectivity index (χ3v) is 2.21. The molecular weight excluding hydrogens is 220 g/mol. The van der Waals surface area contributed by atoms with Crippen molar-refractivity contribution in [3.05, 3.63) is 12.2 Å². The van der Waals surface area contributed by atoms with E-state index in [4.69, 9.17) is 10.8 Å². The lowest BCUT2D eigenvalue weighted by atomic mass is 9.99. The predicted octanol–water partition coefficient (Wildman–Crippen LogP) is -0.0975. The number of nitrogens with one attached hydrogen (secondary N) is 1. The van der Waals surface area contributed by atoms with Crippen molar-refractivity contribution in [2.45, 2.75) is 18.9 Å². The van der Waals surface area contributed by atoms with E-state index >= 15 is 0 Å². The maximum atomic E-state index is 11.1. The van der Waals surface area contributed by atoms with Gasteiger partial charge >= 0.3 is 5.97 Å². The molecule has 5 nitrogen and oxygen atoms in total. The highest BCUT2D eigenvalue weighted by Gasteiger charge is 2.25. The van der Waals surface area contributed by atoms with Gasteiger partial charge in [0, 0.05) is 24.6 Å². The second kappa shape index (κ2) is 6.42. The van der Waals surface area contributed by atoms with Crippen molar-refractivity contribution in [3.8, 4) is 0 Å². The number of carboxylic acid groups (broad SMARTS) is 1. The summed E-state index contributed by atoms with van der Waals surface area (Å²) >= 11 is 0. The molecule has 0 bridgehead atoms. The van der Waals surface area contributed by atoms with E-state index < -0.39 is 5.97 Å². The zero-order valence-corrected chi connectivity index (χ0v) is 9.00. The van der Waals surface area contributed by atoms with Crippen LogP contribution in [0.4, 0.5) is 0 Å². The van der Waals surface area contributed by atoms with Gasteiger partial charge in [-0.2, -0.15) is 0 Å². The standard InChI is InChI=1S/C9H14N2O3.ClH/c10-7(1-2-8(12)13)5-6-3-4-11-9(6)14;/h1-2,6-7H,3-5,10H2,(H,11,14)(H,12,13);1H/b2-1+;. The van der Waals surface area contributed by atoms with Crippen LogP contribution in [-0.4, -0.2) is 29.6 Å². The van der Waals surface area contributed by atoms with E-state index in [9.17, 15) is 9.59 Å². The number of hydrogen-bond acceptors (Lipinski definition) is 3. The summed E-state index contributed by atoms with van der Waals surface area (Å²) in [6.07, 6.45) is 3.72. The van der Waals surface area contributed by atoms with Crippen LogP contribution in [0.15, 0.2) is 12.2 Å². The van der Waals surface area contributed by atoms with E-state index in [0.717, 1.165) is 12.5 Å². The van der Waals surface area contributed by atoms with E-state index in [-0.39, 0.29) is 30.3 Å². The Hall–Kier alpha value is -1.07. The highest BCUT2D eigenvalue weighted by molar-refractivity contribution is 5.85. The van der Waals surface area contributed by atoms with Gasteiger partial charge in [-0.1, -0.05) is 6.08 Å². The Morgan fingerprint density at radius 3 is 2.87 bits per heavy atom. The minimum atomic E-state index is -1.02. The van der Waals surface area contributed by atoms with Crippen LogP contribution in [0.1, 0.15) is 12.8 Å². The number of nitrogens with two attached hydrogens (primary N) is 1. The number of rotatable bonds is 4. The zero-order chi connectivity index (χ0) is 10.6. The largest absolute Gasteiger partial charge is 0.478 e. The Morgan fingerprint density at radius 1 is 1.73 bits per heavy atom. The van der Waals surface area contributed by atoms with Crippen LogP contribution >= 0.6 is 12.4 Å². The fourth-order valence-electron chi connectivity index (χ4n) is 1.48. The molecule has 0 aliphatic carbocycles. The minimum absolute atomic E-state index is 0. The van der Waals surface area contributed by atoms with Crippen LogP contribution in [-0.2, 0) is 9.59 Å². The lowest BCUT2D eigenvalue weighted by molar-refractivity contribution is -0.131. The van der Waals surface area contributed by atoms with Gasteiger partial charge in [0.2, 0.25) is 5.91 Å². The average molecular weight is 235 g/mol. The maximum absolute atomic E-state index is 11.1. The van der Waals surface area contributed by atoms with Crippen molar-refractivity contribution in [1.82, 2.24) is 5.32 Å². The Labute approximate surface area is 94.1 Å². The Morgan fingerprint density at radius 2 is 2.40 bits per heavy atom. The molecular formula is C9H15ClN2O3. The second-order valence-electron chi connectivity index (χ2n) is 3.37. The summed E-state index contributed by atoms with van der Waals surface area (Å²) in [5.41, 5.74) is 5.63. The molecule has 6 heteroatoms. The van der Waals surface area contributed by atoms with Gasteiger partial charge in [0.25, 0.3) is 0 Å². The summed E-state index contributed by atoms with van der Waals surface area (Å²) in [6, 6.07) is -0.361. The van der Waals surface area contributed by atoms with Gasteiger partial charge in [0.1, 0.15) is 0 Å². The molecule has 0 aromatic carbocycles. The van der Waals surface area contributed by atoms with Gasteiger partial charge < -0.3 is 16.2 Å². The molecule has 0 aromatic heterocycles. The quantitative estimate of drug-likeness (QED) is 0.593. The monoisotopic (exact) mass is 234 g/mol. The Balaban J connectivity index is 0.00000196. The number of carbonyl (C=O) groups is 2. The van der Waals surface area contributed by atoms with Crippen molar-refractivity contribution in [2.24, 2.45) is 11.7 Å². The average Bonchev–Trinajstić information content (AvgIpc) is 2.49. The fourth-order valence-corrected chi connectivity index (χ4v) is 1.48. The predicted molar refractivity (Wildman–Crippen MR) is 57.7 cm³/mol. The van der Waals surface area contributed by atoms with Gasteiger partial charge in [-0.25, -0.2) is 4.79 Å². The zero-order valence-electron chi connectivity index (χ0n) is 8.18. The molecule has 86 valence electrons. The van der Waals surface area contributed by atoms with Crippen LogP contribution in [0, 0.1) is 5.92 Å². The van der Waals surface area contributed by atoms with Crippen molar-refractivity contribution in [1.29, 1.82) is 0 Å². The first-order valence-corrected chi connectivity index (χ1v) is 4.54. The molecule has 2 atom stereocenters. The molecule has 1 aliphatic rings. The molecule has 1 amide bonds. The number of carboxylic acids is 1. The highest BCUT2D eigenvalue weighted by atomic mass is 35.5. The summed E-state index contributed by atoms with van der Waals surface area (Å²) in [4.78, 5) is 21.3. The van der Waals surface area contributed by atoms with Gasteiger partial charge in [0.05, 0.1) is 0 Å². The lowest BCUT2D eigenvalue weighted by Crippen LogP contribution is -2.26. The Kier molecular flexibility index (Phi) is 5.96. The highest BCUT2D eigenvalue weighted by Crippen LogP contribution is 2.15. The van der Waals surface area contributed by atoms with Gasteiger partial charge in [-0.3, -0.25) is 4.79 Å². The van der Waals surface area contributed by atoms with Crippen molar-refractivity contribution < 1.29 is 14.7 Å². The number of aliphatic carboxylic acids is 1. The first kappa shape index (κ1) is 13.9. The topological polar surface area (TPSA) is 92.4 Å². The summed E-state index contributed by atoms with van der Waals surface area (Å²) in [5, 5.41) is 11.1. The molecule has 15 heavy (non-hydrogen) atoms. The summed E-state index contributed by atoms with van der Waals surface area (Å²) in [7, 11) is 0. The molecule has 0 aromatic rings. The summed E-state index contributed by atoms with van der Waals surface area (Å²) in [5.74, 6) is -1.07. The molecule has 1 fully saturated rings. The molecule has 2 unspecified atom stereocenters. The lowest BCUT2D eigenvalue weighted by Gasteiger charge is -2.09. The molecule has 1 rings (SSSR count). The third kappa shape index (κ3) is 4.80. The van der Waals surface area contributed by atoms with E-state index in [1.807, 2.05) is 0 Å². The van der Waals surface area contributed by atoms with Gasteiger partial charge in [-0.15, -0.1) is 12.4 Å². The van der Waals surface area contributed by atoms with Crippen LogP contribution in [0.25, 0.3) is 0 Å².